The van der Waals surface area contributed by atoms with Crippen molar-refractivity contribution in [2.45, 2.75) is 44.8 Å². The molecule has 21 heavy (non-hydrogen) atoms. The molecule has 1 aromatic heterocycles. The molecule has 0 spiro atoms. The highest BCUT2D eigenvalue weighted by Crippen LogP contribution is 2.45. The number of alkyl carbamates (subject to hydrolysis) is 1. The average molecular weight is 295 g/mol. The second-order valence-corrected chi connectivity index (χ2v) is 6.49. The van der Waals surface area contributed by atoms with Gasteiger partial charge in [-0.2, -0.15) is 5.10 Å². The monoisotopic (exact) mass is 295 g/mol. The van der Waals surface area contributed by atoms with Crippen LogP contribution in [0.3, 0.4) is 0 Å². The lowest BCUT2D eigenvalue weighted by Crippen LogP contribution is -2.58. The van der Waals surface area contributed by atoms with Gasteiger partial charge in [0.25, 0.3) is 0 Å². The van der Waals surface area contributed by atoms with E-state index in [9.17, 15) is 9.59 Å². The molecule has 1 aliphatic rings. The number of amides is 1. The van der Waals surface area contributed by atoms with Gasteiger partial charge >= 0.3 is 12.1 Å². The summed E-state index contributed by atoms with van der Waals surface area (Å²) in [6, 6.07) is 1.79. The van der Waals surface area contributed by atoms with Crippen molar-refractivity contribution < 1.29 is 19.4 Å². The first-order chi connectivity index (χ1) is 9.63. The molecule has 1 heterocycles. The fourth-order valence-corrected chi connectivity index (χ4v) is 2.67. The molecule has 0 atom stereocenters. The molecule has 2 rings (SSSR count). The molecule has 0 radical (unpaired) electrons. The molecule has 1 fully saturated rings. The van der Waals surface area contributed by atoms with E-state index in [0.29, 0.717) is 12.8 Å². The van der Waals surface area contributed by atoms with Gasteiger partial charge in [-0.1, -0.05) is 0 Å². The lowest BCUT2D eigenvalue weighted by atomic mass is 9.66. The van der Waals surface area contributed by atoms with Crippen LogP contribution in [0, 0.1) is 5.92 Å². The average Bonchev–Trinajstić information content (AvgIpc) is 2.66. The number of nitrogens with zero attached hydrogens (tertiary/aromatic N) is 2. The zero-order chi connectivity index (χ0) is 15.8. The first-order valence-electron chi connectivity index (χ1n) is 6.85. The fourth-order valence-electron chi connectivity index (χ4n) is 2.67. The van der Waals surface area contributed by atoms with Gasteiger partial charge in [-0.05, 0) is 39.7 Å². The molecular formula is C14H21N3O4. The number of hydrogen-bond donors (Lipinski definition) is 2. The number of carboxylic acid groups (broad SMARTS) is 1. The van der Waals surface area contributed by atoms with Crippen LogP contribution in [0.5, 0.6) is 0 Å². The molecule has 116 valence electrons. The standard InChI is InChI=1S/C14H21N3O4/c1-13(2,3)21-12(20)16-14(7-9(8-14)11(18)19)10-5-6-15-17(10)4/h5-6,9H,7-8H2,1-4H3,(H,16,20)(H,18,19). The zero-order valence-corrected chi connectivity index (χ0v) is 12.7. The van der Waals surface area contributed by atoms with Gasteiger partial charge in [-0.15, -0.1) is 0 Å². The Morgan fingerprint density at radius 3 is 2.52 bits per heavy atom. The summed E-state index contributed by atoms with van der Waals surface area (Å²) in [7, 11) is 1.77. The Hall–Kier alpha value is -2.05. The third kappa shape index (κ3) is 3.17. The van der Waals surface area contributed by atoms with Crippen LogP contribution >= 0.6 is 0 Å². The Bertz CT molecular complexity index is 553. The van der Waals surface area contributed by atoms with Crippen LogP contribution in [0.15, 0.2) is 12.3 Å². The zero-order valence-electron chi connectivity index (χ0n) is 12.7. The molecule has 1 aromatic rings. The number of hydrogen-bond acceptors (Lipinski definition) is 4. The molecule has 7 nitrogen and oxygen atoms in total. The van der Waals surface area contributed by atoms with Gasteiger partial charge in [0.1, 0.15) is 5.60 Å². The first kappa shape index (κ1) is 15.3. The maximum atomic E-state index is 12.0. The summed E-state index contributed by atoms with van der Waals surface area (Å²) in [5, 5.41) is 16.0. The predicted octanol–water partition coefficient (Wildman–Crippen LogP) is 1.63. The Morgan fingerprint density at radius 2 is 2.10 bits per heavy atom. The van der Waals surface area contributed by atoms with Gasteiger partial charge in [-0.25, -0.2) is 4.79 Å². The number of aliphatic carboxylic acids is 1. The third-order valence-electron chi connectivity index (χ3n) is 3.59. The van der Waals surface area contributed by atoms with Crippen molar-refractivity contribution in [1.29, 1.82) is 0 Å². The Morgan fingerprint density at radius 1 is 1.48 bits per heavy atom. The number of carbonyl (C=O) groups is 2. The van der Waals surface area contributed by atoms with Crippen molar-refractivity contribution in [3.63, 3.8) is 0 Å². The van der Waals surface area contributed by atoms with E-state index in [1.807, 2.05) is 0 Å². The van der Waals surface area contributed by atoms with E-state index < -0.39 is 29.1 Å². The van der Waals surface area contributed by atoms with Gasteiger partial charge in [0, 0.05) is 13.2 Å². The van der Waals surface area contributed by atoms with Crippen LogP contribution in [0.2, 0.25) is 0 Å². The van der Waals surface area contributed by atoms with Crippen molar-refractivity contribution in [3.05, 3.63) is 18.0 Å². The lowest BCUT2D eigenvalue weighted by Gasteiger charge is -2.46. The fraction of sp³-hybridized carbons (Fsp3) is 0.643. The molecule has 7 heteroatoms. The highest BCUT2D eigenvalue weighted by Gasteiger charge is 2.51. The van der Waals surface area contributed by atoms with Crippen LogP contribution in [0.25, 0.3) is 0 Å². The number of ether oxygens (including phenoxy) is 1. The molecule has 0 bridgehead atoms. The number of carboxylic acids is 1. The maximum absolute atomic E-state index is 12.0. The molecule has 0 saturated heterocycles. The van der Waals surface area contributed by atoms with Crippen molar-refractivity contribution in [2.24, 2.45) is 13.0 Å². The first-order valence-corrected chi connectivity index (χ1v) is 6.85. The molecule has 0 aromatic carbocycles. The van der Waals surface area contributed by atoms with E-state index in [1.54, 1.807) is 44.8 Å². The second-order valence-electron chi connectivity index (χ2n) is 6.49. The summed E-state index contributed by atoms with van der Waals surface area (Å²) in [6.07, 6.45) is 1.75. The molecule has 2 N–H and O–H groups in total. The third-order valence-corrected chi connectivity index (χ3v) is 3.59. The summed E-state index contributed by atoms with van der Waals surface area (Å²) < 4.78 is 6.92. The Kier molecular flexibility index (Phi) is 3.69. The van der Waals surface area contributed by atoms with Crippen molar-refractivity contribution in [2.75, 3.05) is 0 Å². The lowest BCUT2D eigenvalue weighted by molar-refractivity contribution is -0.148. The minimum atomic E-state index is -0.848. The quantitative estimate of drug-likeness (QED) is 0.884. The topological polar surface area (TPSA) is 93.5 Å². The number of carbonyl (C=O) groups excluding carboxylic acids is 1. The van der Waals surface area contributed by atoms with Crippen molar-refractivity contribution in [1.82, 2.24) is 15.1 Å². The number of aromatic nitrogens is 2. The van der Waals surface area contributed by atoms with Gasteiger partial charge in [0.2, 0.25) is 0 Å². The van der Waals surface area contributed by atoms with Gasteiger partial charge < -0.3 is 15.2 Å². The summed E-state index contributed by atoms with van der Waals surface area (Å²) >= 11 is 0. The largest absolute Gasteiger partial charge is 0.481 e. The summed E-state index contributed by atoms with van der Waals surface area (Å²) in [6.45, 7) is 5.35. The Balaban J connectivity index is 2.18. The molecule has 1 saturated carbocycles. The number of rotatable bonds is 3. The van der Waals surface area contributed by atoms with E-state index in [1.165, 1.54) is 0 Å². The molecule has 0 aliphatic heterocycles. The second kappa shape index (κ2) is 5.05. The van der Waals surface area contributed by atoms with Gasteiger partial charge in [0.15, 0.2) is 0 Å². The number of nitrogens with one attached hydrogen (secondary N) is 1. The normalized spacial score (nSPS) is 25.0. The maximum Gasteiger partial charge on any atom is 0.408 e. The van der Waals surface area contributed by atoms with E-state index in [2.05, 4.69) is 10.4 Å². The van der Waals surface area contributed by atoms with E-state index in [-0.39, 0.29) is 0 Å². The highest BCUT2D eigenvalue weighted by atomic mass is 16.6. The van der Waals surface area contributed by atoms with Crippen LogP contribution in [0.1, 0.15) is 39.3 Å². The van der Waals surface area contributed by atoms with Crippen LogP contribution in [0.4, 0.5) is 4.79 Å². The summed E-state index contributed by atoms with van der Waals surface area (Å²) in [5.41, 5.74) is -0.546. The SMILES string of the molecule is Cn1nccc1C1(NC(=O)OC(C)(C)C)CC(C(=O)O)C1. The molecule has 1 amide bonds. The molecule has 0 unspecified atom stereocenters. The molecule has 1 aliphatic carbocycles. The predicted molar refractivity (Wildman–Crippen MR) is 74.6 cm³/mol. The van der Waals surface area contributed by atoms with Gasteiger partial charge in [-0.3, -0.25) is 9.48 Å². The van der Waals surface area contributed by atoms with Crippen LogP contribution < -0.4 is 5.32 Å². The Labute approximate surface area is 123 Å². The number of aryl methyl sites for hydroxylation is 1. The van der Waals surface area contributed by atoms with Crippen molar-refractivity contribution in [3.8, 4) is 0 Å². The highest BCUT2D eigenvalue weighted by molar-refractivity contribution is 5.74. The summed E-state index contributed by atoms with van der Waals surface area (Å²) in [4.78, 5) is 23.1. The minimum absolute atomic E-state index is 0.334. The van der Waals surface area contributed by atoms with E-state index in [0.717, 1.165) is 5.69 Å². The molecular weight excluding hydrogens is 274 g/mol. The van der Waals surface area contributed by atoms with Crippen molar-refractivity contribution >= 4 is 12.1 Å². The van der Waals surface area contributed by atoms with E-state index in [4.69, 9.17) is 9.84 Å². The summed E-state index contributed by atoms with van der Waals surface area (Å²) in [5.74, 6) is -1.31. The smallest absolute Gasteiger partial charge is 0.408 e. The van der Waals surface area contributed by atoms with Crippen LogP contribution in [-0.2, 0) is 22.1 Å². The van der Waals surface area contributed by atoms with Crippen LogP contribution in [-0.4, -0.2) is 32.6 Å². The van der Waals surface area contributed by atoms with Gasteiger partial charge in [0.05, 0.1) is 17.2 Å². The minimum Gasteiger partial charge on any atom is -0.481 e. The van der Waals surface area contributed by atoms with E-state index >= 15 is 0 Å².